The number of aryl methyl sites for hydroxylation is 1. The maximum atomic E-state index is 12.9. The molecule has 0 amide bonds. The molecule has 0 saturated carbocycles. The molecule has 1 atom stereocenters. The van der Waals surface area contributed by atoms with Gasteiger partial charge in [0.25, 0.3) is 0 Å². The van der Waals surface area contributed by atoms with E-state index in [-0.39, 0.29) is 10.9 Å². The number of sulfonamides is 1. The molecule has 1 aliphatic rings. The Labute approximate surface area is 142 Å². The SMILES string of the molecule is COc1ccc(C)cc1S(=O)(=O)NC1CCCOc2ccccc21. The van der Waals surface area contributed by atoms with E-state index in [4.69, 9.17) is 9.47 Å². The summed E-state index contributed by atoms with van der Waals surface area (Å²) in [5, 5.41) is 0. The molecule has 0 saturated heterocycles. The maximum Gasteiger partial charge on any atom is 0.244 e. The van der Waals surface area contributed by atoms with Crippen LogP contribution in [0.1, 0.15) is 30.0 Å². The van der Waals surface area contributed by atoms with Gasteiger partial charge in [-0.25, -0.2) is 13.1 Å². The molecule has 1 unspecified atom stereocenters. The van der Waals surface area contributed by atoms with E-state index in [0.717, 1.165) is 23.3 Å². The second-order valence-corrected chi connectivity index (χ2v) is 7.54. The lowest BCUT2D eigenvalue weighted by Gasteiger charge is -2.19. The number of para-hydroxylation sites is 1. The van der Waals surface area contributed by atoms with Crippen molar-refractivity contribution in [3.8, 4) is 11.5 Å². The average Bonchev–Trinajstić information content (AvgIpc) is 2.77. The number of benzene rings is 2. The molecule has 2 aromatic rings. The van der Waals surface area contributed by atoms with Gasteiger partial charge in [-0.05, 0) is 43.5 Å². The molecule has 128 valence electrons. The summed E-state index contributed by atoms with van der Waals surface area (Å²) < 4.78 is 39.6. The fraction of sp³-hybridized carbons (Fsp3) is 0.333. The Kier molecular flexibility index (Phi) is 4.78. The van der Waals surface area contributed by atoms with E-state index in [0.29, 0.717) is 18.8 Å². The van der Waals surface area contributed by atoms with Crippen LogP contribution in [0.25, 0.3) is 0 Å². The Balaban J connectivity index is 1.97. The molecular formula is C18H21NO4S. The quantitative estimate of drug-likeness (QED) is 0.922. The van der Waals surface area contributed by atoms with Crippen molar-refractivity contribution < 1.29 is 17.9 Å². The van der Waals surface area contributed by atoms with Crippen molar-refractivity contribution in [2.24, 2.45) is 0 Å². The molecule has 2 aromatic carbocycles. The second-order valence-electron chi connectivity index (χ2n) is 5.86. The summed E-state index contributed by atoms with van der Waals surface area (Å²) in [5.41, 5.74) is 1.73. The summed E-state index contributed by atoms with van der Waals surface area (Å²) in [4.78, 5) is 0.160. The van der Waals surface area contributed by atoms with Gasteiger partial charge in [0.15, 0.2) is 0 Å². The standard InChI is InChI=1S/C18H21NO4S/c1-13-9-10-17(22-2)18(12-13)24(20,21)19-15-7-5-11-23-16-8-4-3-6-14(15)16/h3-4,6,8-10,12,15,19H,5,7,11H2,1-2H3. The molecule has 0 spiro atoms. The summed E-state index contributed by atoms with van der Waals surface area (Å²) in [6, 6.07) is 12.4. The third-order valence-corrected chi connectivity index (χ3v) is 5.59. The molecule has 0 bridgehead atoms. The monoisotopic (exact) mass is 347 g/mol. The van der Waals surface area contributed by atoms with Gasteiger partial charge in [-0.15, -0.1) is 0 Å². The van der Waals surface area contributed by atoms with Gasteiger partial charge in [-0.3, -0.25) is 0 Å². The third kappa shape index (κ3) is 3.39. The van der Waals surface area contributed by atoms with E-state index in [1.54, 1.807) is 12.1 Å². The van der Waals surface area contributed by atoms with Crippen molar-refractivity contribution in [1.82, 2.24) is 4.72 Å². The first-order chi connectivity index (χ1) is 11.5. The number of ether oxygens (including phenoxy) is 2. The van der Waals surface area contributed by atoms with Gasteiger partial charge in [0, 0.05) is 5.56 Å². The van der Waals surface area contributed by atoms with E-state index in [2.05, 4.69) is 4.72 Å². The lowest BCUT2D eigenvalue weighted by Crippen LogP contribution is -2.29. The number of methoxy groups -OCH3 is 1. The van der Waals surface area contributed by atoms with Crippen molar-refractivity contribution in [3.63, 3.8) is 0 Å². The molecule has 3 rings (SSSR count). The molecule has 0 radical (unpaired) electrons. The molecule has 24 heavy (non-hydrogen) atoms. The molecule has 0 aromatic heterocycles. The van der Waals surface area contributed by atoms with E-state index >= 15 is 0 Å². The summed E-state index contributed by atoms with van der Waals surface area (Å²) in [5.74, 6) is 1.07. The number of hydrogen-bond acceptors (Lipinski definition) is 4. The maximum absolute atomic E-state index is 12.9. The van der Waals surface area contributed by atoms with Gasteiger partial charge in [0.2, 0.25) is 10.0 Å². The minimum atomic E-state index is -3.71. The van der Waals surface area contributed by atoms with Gasteiger partial charge in [0.05, 0.1) is 19.8 Å². The first-order valence-corrected chi connectivity index (χ1v) is 9.38. The van der Waals surface area contributed by atoms with Crippen molar-refractivity contribution in [3.05, 3.63) is 53.6 Å². The van der Waals surface area contributed by atoms with Crippen LogP contribution in [-0.2, 0) is 10.0 Å². The van der Waals surface area contributed by atoms with Crippen LogP contribution in [0.2, 0.25) is 0 Å². The smallest absolute Gasteiger partial charge is 0.244 e. The van der Waals surface area contributed by atoms with Crippen molar-refractivity contribution in [2.75, 3.05) is 13.7 Å². The topological polar surface area (TPSA) is 64.6 Å². The predicted octanol–water partition coefficient (Wildman–Crippen LogP) is 3.20. The predicted molar refractivity (Wildman–Crippen MR) is 92.0 cm³/mol. The highest BCUT2D eigenvalue weighted by Gasteiger charge is 2.27. The highest BCUT2D eigenvalue weighted by atomic mass is 32.2. The van der Waals surface area contributed by atoms with E-state index in [9.17, 15) is 8.42 Å². The van der Waals surface area contributed by atoms with Gasteiger partial charge in [-0.2, -0.15) is 0 Å². The first kappa shape index (κ1) is 16.8. The number of hydrogen-bond donors (Lipinski definition) is 1. The van der Waals surface area contributed by atoms with Gasteiger partial charge in [0.1, 0.15) is 16.4 Å². The van der Waals surface area contributed by atoms with Gasteiger partial charge >= 0.3 is 0 Å². The van der Waals surface area contributed by atoms with E-state index in [1.165, 1.54) is 7.11 Å². The lowest BCUT2D eigenvalue weighted by molar-refractivity contribution is 0.316. The van der Waals surface area contributed by atoms with E-state index < -0.39 is 10.0 Å². The van der Waals surface area contributed by atoms with Crippen molar-refractivity contribution in [1.29, 1.82) is 0 Å². The van der Waals surface area contributed by atoms with Crippen LogP contribution in [0.15, 0.2) is 47.4 Å². The second kappa shape index (κ2) is 6.83. The average molecular weight is 347 g/mol. The Morgan fingerprint density at radius 3 is 2.79 bits per heavy atom. The molecule has 1 N–H and O–H groups in total. The number of rotatable bonds is 4. The van der Waals surface area contributed by atoms with Crippen LogP contribution in [0.5, 0.6) is 11.5 Å². The summed E-state index contributed by atoms with van der Waals surface area (Å²) in [6.45, 7) is 2.44. The van der Waals surface area contributed by atoms with Crippen molar-refractivity contribution >= 4 is 10.0 Å². The molecular weight excluding hydrogens is 326 g/mol. The zero-order valence-electron chi connectivity index (χ0n) is 13.8. The Morgan fingerprint density at radius 1 is 1.21 bits per heavy atom. The van der Waals surface area contributed by atoms with Gasteiger partial charge < -0.3 is 9.47 Å². The summed E-state index contributed by atoms with van der Waals surface area (Å²) in [7, 11) is -2.24. The third-order valence-electron chi connectivity index (χ3n) is 4.10. The van der Waals surface area contributed by atoms with Gasteiger partial charge in [-0.1, -0.05) is 24.3 Å². The van der Waals surface area contributed by atoms with Crippen LogP contribution in [0.4, 0.5) is 0 Å². The van der Waals surface area contributed by atoms with Crippen LogP contribution < -0.4 is 14.2 Å². The van der Waals surface area contributed by atoms with Crippen LogP contribution in [0.3, 0.4) is 0 Å². The highest BCUT2D eigenvalue weighted by Crippen LogP contribution is 2.33. The molecule has 5 nitrogen and oxygen atoms in total. The Morgan fingerprint density at radius 2 is 2.00 bits per heavy atom. The van der Waals surface area contributed by atoms with E-state index in [1.807, 2.05) is 37.3 Å². The molecule has 6 heteroatoms. The molecule has 0 fully saturated rings. The largest absolute Gasteiger partial charge is 0.495 e. The van der Waals surface area contributed by atoms with Crippen molar-refractivity contribution in [2.45, 2.75) is 30.7 Å². The van der Waals surface area contributed by atoms with Crippen LogP contribution >= 0.6 is 0 Å². The number of fused-ring (bicyclic) bond motifs is 1. The molecule has 0 aliphatic carbocycles. The minimum Gasteiger partial charge on any atom is -0.495 e. The Hall–Kier alpha value is -2.05. The number of nitrogens with one attached hydrogen (secondary N) is 1. The van der Waals surface area contributed by atoms with Crippen LogP contribution in [0, 0.1) is 6.92 Å². The first-order valence-electron chi connectivity index (χ1n) is 7.90. The normalized spacial score (nSPS) is 17.5. The lowest BCUT2D eigenvalue weighted by atomic mass is 10.0. The minimum absolute atomic E-state index is 0.160. The molecule has 1 aliphatic heterocycles. The molecule has 1 heterocycles. The zero-order valence-corrected chi connectivity index (χ0v) is 14.6. The fourth-order valence-corrected chi connectivity index (χ4v) is 4.40. The Bertz CT molecular complexity index is 833. The zero-order chi connectivity index (χ0) is 17.2. The fourth-order valence-electron chi connectivity index (χ4n) is 2.89. The summed E-state index contributed by atoms with van der Waals surface area (Å²) >= 11 is 0. The van der Waals surface area contributed by atoms with Crippen LogP contribution in [-0.4, -0.2) is 22.1 Å². The highest BCUT2D eigenvalue weighted by molar-refractivity contribution is 7.89. The summed E-state index contributed by atoms with van der Waals surface area (Å²) in [6.07, 6.45) is 1.47.